The van der Waals surface area contributed by atoms with E-state index >= 15 is 0 Å². The molecule has 4 rings (SSSR count). The first-order valence-corrected chi connectivity index (χ1v) is 11.2. The third kappa shape index (κ3) is 4.85. The van der Waals surface area contributed by atoms with Crippen LogP contribution in [0.5, 0.6) is 0 Å². The summed E-state index contributed by atoms with van der Waals surface area (Å²) in [5.41, 5.74) is 7.84. The molecular formula is C17H20ClN6O7P. The predicted octanol–water partition coefficient (Wildman–Crippen LogP) is 0.402. The molecule has 1 saturated heterocycles. The van der Waals surface area contributed by atoms with Gasteiger partial charge in [0.05, 0.1) is 12.9 Å². The Labute approximate surface area is 186 Å². The highest BCUT2D eigenvalue weighted by Crippen LogP contribution is 2.39. The Morgan fingerprint density at radius 1 is 1.22 bits per heavy atom. The molecule has 0 radical (unpaired) electrons. The summed E-state index contributed by atoms with van der Waals surface area (Å²) in [6.45, 7) is -0.261. The average molecular weight is 487 g/mol. The van der Waals surface area contributed by atoms with Crippen molar-refractivity contribution in [1.29, 1.82) is 0 Å². The summed E-state index contributed by atoms with van der Waals surface area (Å²) in [5.74, 6) is 0.404. The van der Waals surface area contributed by atoms with Crippen LogP contribution in [-0.4, -0.2) is 64.4 Å². The molecule has 0 saturated carbocycles. The zero-order valence-electron chi connectivity index (χ0n) is 16.3. The molecule has 1 aliphatic heterocycles. The van der Waals surface area contributed by atoms with Crippen LogP contribution in [0.15, 0.2) is 30.9 Å². The Morgan fingerprint density at radius 3 is 2.72 bits per heavy atom. The number of aromatic nitrogens is 4. The first kappa shape index (κ1) is 22.8. The number of ether oxygens (including phenoxy) is 1. The zero-order valence-corrected chi connectivity index (χ0v) is 18.0. The molecule has 172 valence electrons. The lowest BCUT2D eigenvalue weighted by Gasteiger charge is -2.16. The van der Waals surface area contributed by atoms with Crippen molar-refractivity contribution in [1.82, 2.24) is 19.5 Å². The fraction of sp³-hybridized carbons (Fsp3) is 0.353. The summed E-state index contributed by atoms with van der Waals surface area (Å²) in [5, 5.41) is 24.2. The number of nitrogens with two attached hydrogens (primary N) is 1. The highest BCUT2D eigenvalue weighted by molar-refractivity contribution is 7.46. The molecule has 1 aromatic carbocycles. The van der Waals surface area contributed by atoms with E-state index < -0.39 is 39.0 Å². The van der Waals surface area contributed by atoms with Gasteiger partial charge < -0.3 is 35.8 Å². The molecule has 3 aromatic rings. The Kier molecular flexibility index (Phi) is 6.34. The number of aliphatic hydroxyl groups is 2. The molecule has 0 bridgehead atoms. The van der Waals surface area contributed by atoms with Crippen molar-refractivity contribution in [3.63, 3.8) is 0 Å². The number of phosphoric ester groups is 1. The van der Waals surface area contributed by atoms with Crippen LogP contribution in [0.2, 0.25) is 5.02 Å². The molecule has 32 heavy (non-hydrogen) atoms. The molecule has 0 amide bonds. The molecule has 0 spiro atoms. The first-order valence-electron chi connectivity index (χ1n) is 9.30. The summed E-state index contributed by atoms with van der Waals surface area (Å²) < 4.78 is 22.3. The molecule has 3 heterocycles. The van der Waals surface area contributed by atoms with Crippen LogP contribution >= 0.6 is 19.4 Å². The molecule has 15 heteroatoms. The van der Waals surface area contributed by atoms with Gasteiger partial charge in [-0.15, -0.1) is 0 Å². The number of anilines is 2. The van der Waals surface area contributed by atoms with Gasteiger partial charge in [-0.3, -0.25) is 9.09 Å². The number of phosphoric acid groups is 1. The maximum atomic E-state index is 10.9. The minimum Gasteiger partial charge on any atom is -0.399 e. The van der Waals surface area contributed by atoms with Gasteiger partial charge in [0.2, 0.25) is 0 Å². The van der Waals surface area contributed by atoms with E-state index in [0.717, 1.165) is 5.56 Å². The van der Waals surface area contributed by atoms with Crippen molar-refractivity contribution >= 4 is 42.1 Å². The van der Waals surface area contributed by atoms with Crippen molar-refractivity contribution < 1.29 is 33.8 Å². The van der Waals surface area contributed by atoms with E-state index in [0.29, 0.717) is 34.2 Å². The van der Waals surface area contributed by atoms with Crippen molar-refractivity contribution in [3.05, 3.63) is 41.4 Å². The smallest absolute Gasteiger partial charge is 0.399 e. The molecular weight excluding hydrogens is 467 g/mol. The first-order chi connectivity index (χ1) is 15.1. The number of hydrogen-bond acceptors (Lipinski definition) is 10. The van der Waals surface area contributed by atoms with Crippen molar-refractivity contribution in [2.45, 2.75) is 31.1 Å². The van der Waals surface area contributed by atoms with Crippen LogP contribution in [0, 0.1) is 0 Å². The molecule has 7 N–H and O–H groups in total. The third-order valence-electron chi connectivity index (χ3n) is 4.82. The number of nitrogen functional groups attached to an aromatic ring is 1. The van der Waals surface area contributed by atoms with Crippen LogP contribution in [0.1, 0.15) is 11.8 Å². The van der Waals surface area contributed by atoms with E-state index in [1.165, 1.54) is 17.2 Å². The third-order valence-corrected chi connectivity index (χ3v) is 5.52. The summed E-state index contributed by atoms with van der Waals surface area (Å²) in [6, 6.07) is 5.15. The van der Waals surface area contributed by atoms with Crippen LogP contribution in [0.25, 0.3) is 11.2 Å². The number of fused-ring (bicyclic) bond motifs is 1. The second-order valence-corrected chi connectivity index (χ2v) is 8.80. The number of aliphatic hydroxyl groups excluding tert-OH is 2. The summed E-state index contributed by atoms with van der Waals surface area (Å²) in [7, 11) is -4.77. The van der Waals surface area contributed by atoms with Gasteiger partial charge in [-0.05, 0) is 23.8 Å². The predicted molar refractivity (Wildman–Crippen MR) is 112 cm³/mol. The molecule has 0 unspecified atom stereocenters. The second-order valence-electron chi connectivity index (χ2n) is 7.13. The number of nitrogens with zero attached hydrogens (tertiary/aromatic N) is 4. The van der Waals surface area contributed by atoms with Gasteiger partial charge in [0.15, 0.2) is 23.2 Å². The number of benzene rings is 1. The highest BCUT2D eigenvalue weighted by Gasteiger charge is 2.45. The SMILES string of the molecule is Nc1cc(Cl)cc(CNc2ncnc3c2ncn3[C@@H]2O[C@H](COP(=O)(O)O)[C@@H](O)[C@H]2O)c1. The van der Waals surface area contributed by atoms with E-state index in [1.807, 2.05) is 0 Å². The van der Waals surface area contributed by atoms with Crippen molar-refractivity contribution in [2.75, 3.05) is 17.7 Å². The quantitative estimate of drug-likeness (QED) is 0.199. The molecule has 13 nitrogen and oxygen atoms in total. The number of hydrogen-bond donors (Lipinski definition) is 6. The average Bonchev–Trinajstić information content (AvgIpc) is 3.25. The van der Waals surface area contributed by atoms with Gasteiger partial charge in [-0.1, -0.05) is 11.6 Å². The Bertz CT molecular complexity index is 1150. The van der Waals surface area contributed by atoms with Crippen LogP contribution < -0.4 is 11.1 Å². The fourth-order valence-electron chi connectivity index (χ4n) is 3.40. The van der Waals surface area contributed by atoms with Gasteiger partial charge in [0, 0.05) is 17.3 Å². The molecule has 0 aliphatic carbocycles. The normalized spacial score (nSPS) is 23.7. The van der Waals surface area contributed by atoms with Gasteiger partial charge in [-0.25, -0.2) is 19.5 Å². The lowest BCUT2D eigenvalue weighted by Crippen LogP contribution is -2.33. The van der Waals surface area contributed by atoms with E-state index in [2.05, 4.69) is 24.8 Å². The largest absolute Gasteiger partial charge is 0.469 e. The number of halogens is 1. The minimum atomic E-state index is -4.77. The Hall–Kier alpha value is -2.35. The van der Waals surface area contributed by atoms with E-state index in [4.69, 9.17) is 31.9 Å². The summed E-state index contributed by atoms with van der Waals surface area (Å²) >= 11 is 6.03. The van der Waals surface area contributed by atoms with Gasteiger partial charge in [-0.2, -0.15) is 0 Å². The van der Waals surface area contributed by atoms with Crippen LogP contribution in [0.4, 0.5) is 11.5 Å². The number of rotatable bonds is 7. The second kappa shape index (κ2) is 8.89. The number of imidazole rings is 1. The van der Waals surface area contributed by atoms with E-state index in [1.54, 1.807) is 18.2 Å². The molecule has 1 aliphatic rings. The van der Waals surface area contributed by atoms with Crippen LogP contribution in [-0.2, 0) is 20.4 Å². The Balaban J connectivity index is 1.54. The maximum absolute atomic E-state index is 10.9. The number of nitrogens with one attached hydrogen (secondary N) is 1. The molecule has 4 atom stereocenters. The standard InChI is InChI=1S/C17H20ClN6O7P/c18-9-1-8(2-10(19)3-9)4-20-15-12-16(22-6-21-15)24(7-23-12)17-14(26)13(25)11(31-17)5-30-32(27,28)29/h1-3,6-7,11,13-14,17,25-26H,4-5,19H2,(H,20,21,22)(H2,27,28,29)/t11-,13-,14-,17-/m1/s1. The minimum absolute atomic E-state index is 0.306. The van der Waals surface area contributed by atoms with E-state index in [9.17, 15) is 14.8 Å². The molecule has 1 fully saturated rings. The van der Waals surface area contributed by atoms with Gasteiger partial charge in [0.25, 0.3) is 0 Å². The van der Waals surface area contributed by atoms with E-state index in [-0.39, 0.29) is 0 Å². The topological polar surface area (TPSA) is 198 Å². The van der Waals surface area contributed by atoms with Gasteiger partial charge in [0.1, 0.15) is 24.6 Å². The maximum Gasteiger partial charge on any atom is 0.469 e. The summed E-state index contributed by atoms with van der Waals surface area (Å²) in [4.78, 5) is 30.3. The summed E-state index contributed by atoms with van der Waals surface area (Å²) in [6.07, 6.45) is -2.50. The molecule has 2 aromatic heterocycles. The van der Waals surface area contributed by atoms with Crippen molar-refractivity contribution in [2.24, 2.45) is 0 Å². The van der Waals surface area contributed by atoms with Crippen molar-refractivity contribution in [3.8, 4) is 0 Å². The lowest BCUT2D eigenvalue weighted by molar-refractivity contribution is -0.0504. The van der Waals surface area contributed by atoms with Gasteiger partial charge >= 0.3 is 7.82 Å². The highest BCUT2D eigenvalue weighted by atomic mass is 35.5. The lowest BCUT2D eigenvalue weighted by atomic mass is 10.1. The monoisotopic (exact) mass is 486 g/mol. The fourth-order valence-corrected chi connectivity index (χ4v) is 4.01. The Morgan fingerprint density at radius 2 is 2.00 bits per heavy atom. The van der Waals surface area contributed by atoms with Crippen LogP contribution in [0.3, 0.4) is 0 Å². The zero-order chi connectivity index (χ0) is 23.0.